The van der Waals surface area contributed by atoms with Gasteiger partial charge in [-0.05, 0) is 18.6 Å². The number of benzene rings is 1. The molecule has 0 unspecified atom stereocenters. The summed E-state index contributed by atoms with van der Waals surface area (Å²) >= 11 is 1.34. The molecule has 5 heteroatoms. The van der Waals surface area contributed by atoms with Crippen LogP contribution in [0.3, 0.4) is 0 Å². The highest BCUT2D eigenvalue weighted by atomic mass is 32.1. The minimum Gasteiger partial charge on any atom is -0.374 e. The number of para-hydroxylation sites is 1. The van der Waals surface area contributed by atoms with E-state index in [4.69, 9.17) is 5.73 Å². The van der Waals surface area contributed by atoms with Gasteiger partial charge in [0, 0.05) is 5.69 Å². The van der Waals surface area contributed by atoms with Crippen LogP contribution in [-0.4, -0.2) is 10.2 Å². The van der Waals surface area contributed by atoms with Gasteiger partial charge < -0.3 is 11.1 Å². The zero-order chi connectivity index (χ0) is 9.97. The van der Waals surface area contributed by atoms with Crippen LogP contribution >= 0.6 is 11.3 Å². The van der Waals surface area contributed by atoms with Crippen LogP contribution in [0, 0.1) is 6.92 Å². The average molecular weight is 206 g/mol. The molecule has 0 aliphatic rings. The summed E-state index contributed by atoms with van der Waals surface area (Å²) in [6.07, 6.45) is 0. The van der Waals surface area contributed by atoms with E-state index in [1.54, 1.807) is 0 Å². The topological polar surface area (TPSA) is 63.8 Å². The third-order valence-corrected chi connectivity index (χ3v) is 2.50. The van der Waals surface area contributed by atoms with Crippen molar-refractivity contribution in [2.24, 2.45) is 0 Å². The van der Waals surface area contributed by atoms with Crippen LogP contribution in [0.2, 0.25) is 0 Å². The summed E-state index contributed by atoms with van der Waals surface area (Å²) in [4.78, 5) is 0. The molecule has 0 aliphatic carbocycles. The Kier molecular flexibility index (Phi) is 2.32. The van der Waals surface area contributed by atoms with Crippen LogP contribution in [0.4, 0.5) is 16.0 Å². The first-order chi connectivity index (χ1) is 6.75. The van der Waals surface area contributed by atoms with Crippen LogP contribution in [-0.2, 0) is 0 Å². The highest BCUT2D eigenvalue weighted by Crippen LogP contribution is 2.23. The predicted octanol–water partition coefficient (Wildman–Crippen LogP) is 2.17. The van der Waals surface area contributed by atoms with Crippen molar-refractivity contribution in [3.63, 3.8) is 0 Å². The van der Waals surface area contributed by atoms with Crippen molar-refractivity contribution < 1.29 is 0 Å². The van der Waals surface area contributed by atoms with E-state index in [9.17, 15) is 0 Å². The zero-order valence-corrected chi connectivity index (χ0v) is 8.51. The Morgan fingerprint density at radius 3 is 2.71 bits per heavy atom. The molecule has 0 spiro atoms. The fourth-order valence-corrected chi connectivity index (χ4v) is 1.64. The minimum absolute atomic E-state index is 0.473. The van der Waals surface area contributed by atoms with Crippen molar-refractivity contribution in [1.82, 2.24) is 10.2 Å². The molecule has 2 aromatic rings. The molecule has 3 N–H and O–H groups in total. The quantitative estimate of drug-likeness (QED) is 0.790. The molecule has 0 radical (unpaired) electrons. The third-order valence-electron chi connectivity index (χ3n) is 1.83. The summed E-state index contributed by atoms with van der Waals surface area (Å²) < 4.78 is 0. The van der Waals surface area contributed by atoms with Crippen LogP contribution in [0.25, 0.3) is 0 Å². The molecule has 1 aromatic heterocycles. The number of nitrogens with one attached hydrogen (secondary N) is 1. The first-order valence-corrected chi connectivity index (χ1v) is 4.99. The predicted molar refractivity (Wildman–Crippen MR) is 58.8 cm³/mol. The molecule has 1 heterocycles. The Morgan fingerprint density at radius 1 is 1.29 bits per heavy atom. The second-order valence-electron chi connectivity index (χ2n) is 2.89. The Hall–Kier alpha value is -1.62. The van der Waals surface area contributed by atoms with Gasteiger partial charge >= 0.3 is 0 Å². The lowest BCUT2D eigenvalue weighted by Crippen LogP contribution is -1.91. The van der Waals surface area contributed by atoms with E-state index in [2.05, 4.69) is 15.5 Å². The van der Waals surface area contributed by atoms with Crippen molar-refractivity contribution in [2.75, 3.05) is 11.1 Å². The molecule has 0 fully saturated rings. The normalized spacial score (nSPS) is 10.1. The van der Waals surface area contributed by atoms with Crippen LogP contribution < -0.4 is 11.1 Å². The van der Waals surface area contributed by atoms with Crippen molar-refractivity contribution in [2.45, 2.75) is 6.92 Å². The maximum Gasteiger partial charge on any atom is 0.211 e. The molecule has 0 saturated heterocycles. The van der Waals surface area contributed by atoms with E-state index in [1.165, 1.54) is 16.9 Å². The first-order valence-electron chi connectivity index (χ1n) is 4.17. The molecule has 1 aromatic carbocycles. The average Bonchev–Trinajstić information content (AvgIpc) is 2.56. The SMILES string of the molecule is Cc1ccccc1Nc1nnc(N)s1. The summed E-state index contributed by atoms with van der Waals surface area (Å²) in [7, 11) is 0. The molecular weight excluding hydrogens is 196 g/mol. The van der Waals surface area contributed by atoms with Gasteiger partial charge in [0.15, 0.2) is 0 Å². The Bertz CT molecular complexity index is 438. The Labute approximate surface area is 85.8 Å². The van der Waals surface area contributed by atoms with Crippen molar-refractivity contribution >= 4 is 27.3 Å². The number of hydrogen-bond donors (Lipinski definition) is 2. The molecule has 0 aliphatic heterocycles. The number of rotatable bonds is 2. The van der Waals surface area contributed by atoms with E-state index in [0.717, 1.165) is 10.8 Å². The lowest BCUT2D eigenvalue weighted by atomic mass is 10.2. The van der Waals surface area contributed by atoms with Gasteiger partial charge in [0.25, 0.3) is 0 Å². The number of aromatic nitrogens is 2. The van der Waals surface area contributed by atoms with Gasteiger partial charge in [-0.2, -0.15) is 0 Å². The highest BCUT2D eigenvalue weighted by molar-refractivity contribution is 7.18. The van der Waals surface area contributed by atoms with E-state index < -0.39 is 0 Å². The van der Waals surface area contributed by atoms with Gasteiger partial charge in [0.05, 0.1) is 0 Å². The summed E-state index contributed by atoms with van der Waals surface area (Å²) in [5.41, 5.74) is 7.67. The Morgan fingerprint density at radius 2 is 2.07 bits per heavy atom. The third kappa shape index (κ3) is 1.82. The molecule has 2 rings (SSSR count). The van der Waals surface area contributed by atoms with Gasteiger partial charge in [-0.25, -0.2) is 0 Å². The Balaban J connectivity index is 2.23. The summed E-state index contributed by atoms with van der Waals surface area (Å²) in [6.45, 7) is 2.03. The van der Waals surface area contributed by atoms with Crippen LogP contribution in [0.5, 0.6) is 0 Å². The molecule has 72 valence electrons. The van der Waals surface area contributed by atoms with Crippen LogP contribution in [0.15, 0.2) is 24.3 Å². The van der Waals surface area contributed by atoms with Crippen molar-refractivity contribution in [1.29, 1.82) is 0 Å². The largest absolute Gasteiger partial charge is 0.374 e. The molecule has 0 bridgehead atoms. The van der Waals surface area contributed by atoms with E-state index in [-0.39, 0.29) is 0 Å². The molecule has 0 saturated carbocycles. The van der Waals surface area contributed by atoms with E-state index >= 15 is 0 Å². The second kappa shape index (κ2) is 3.63. The van der Waals surface area contributed by atoms with E-state index in [1.807, 2.05) is 31.2 Å². The maximum absolute atomic E-state index is 5.48. The molecule has 0 atom stereocenters. The van der Waals surface area contributed by atoms with Gasteiger partial charge in [0.1, 0.15) is 0 Å². The number of anilines is 3. The van der Waals surface area contributed by atoms with Crippen molar-refractivity contribution in [3.8, 4) is 0 Å². The van der Waals surface area contributed by atoms with Gasteiger partial charge in [0.2, 0.25) is 10.3 Å². The number of nitrogens with zero attached hydrogens (tertiary/aromatic N) is 2. The number of hydrogen-bond acceptors (Lipinski definition) is 5. The first kappa shape index (κ1) is 8.96. The molecular formula is C9H10N4S. The van der Waals surface area contributed by atoms with Gasteiger partial charge in [-0.15, -0.1) is 10.2 Å². The van der Waals surface area contributed by atoms with Gasteiger partial charge in [-0.3, -0.25) is 0 Å². The zero-order valence-electron chi connectivity index (χ0n) is 7.69. The van der Waals surface area contributed by atoms with Crippen LogP contribution in [0.1, 0.15) is 5.56 Å². The lowest BCUT2D eigenvalue weighted by Gasteiger charge is -2.04. The van der Waals surface area contributed by atoms with Gasteiger partial charge in [-0.1, -0.05) is 29.5 Å². The number of nitrogen functional groups attached to an aromatic ring is 1. The lowest BCUT2D eigenvalue weighted by molar-refractivity contribution is 1.10. The monoisotopic (exact) mass is 206 g/mol. The molecule has 0 amide bonds. The number of aryl methyl sites for hydroxylation is 1. The maximum atomic E-state index is 5.48. The molecule has 14 heavy (non-hydrogen) atoms. The smallest absolute Gasteiger partial charge is 0.211 e. The summed E-state index contributed by atoms with van der Waals surface area (Å²) in [5, 5.41) is 12.0. The number of nitrogens with two attached hydrogens (primary N) is 1. The standard InChI is InChI=1S/C9H10N4S/c1-6-4-2-3-5-7(6)11-9-13-12-8(10)14-9/h2-5H,1H3,(H2,10,12)(H,11,13). The molecule has 4 nitrogen and oxygen atoms in total. The van der Waals surface area contributed by atoms with Crippen molar-refractivity contribution in [3.05, 3.63) is 29.8 Å². The minimum atomic E-state index is 0.473. The second-order valence-corrected chi connectivity index (χ2v) is 3.89. The fourth-order valence-electron chi connectivity index (χ4n) is 1.11. The highest BCUT2D eigenvalue weighted by Gasteiger charge is 2.02. The van der Waals surface area contributed by atoms with E-state index in [0.29, 0.717) is 5.13 Å². The summed E-state index contributed by atoms with van der Waals surface area (Å²) in [6, 6.07) is 7.99. The fraction of sp³-hybridized carbons (Fsp3) is 0.111. The summed E-state index contributed by atoms with van der Waals surface area (Å²) in [5.74, 6) is 0.